The maximum atomic E-state index is 11.8. The summed E-state index contributed by atoms with van der Waals surface area (Å²) in [6.45, 7) is 1.61. The van der Waals surface area contributed by atoms with Crippen molar-refractivity contribution < 1.29 is 14.6 Å². The molecule has 1 aromatic carbocycles. The van der Waals surface area contributed by atoms with Crippen LogP contribution in [0.4, 0.5) is 0 Å². The number of nitrogens with one attached hydrogen (secondary N) is 1. The average Bonchev–Trinajstić information content (AvgIpc) is 2.50. The van der Waals surface area contributed by atoms with Crippen LogP contribution < -0.4 is 10.1 Å². The molecule has 0 saturated carbocycles. The molecule has 1 atom stereocenters. The van der Waals surface area contributed by atoms with Crippen molar-refractivity contribution in [2.24, 2.45) is 0 Å². The van der Waals surface area contributed by atoms with E-state index in [1.165, 1.54) is 6.20 Å². The number of halogens is 1. The molecule has 2 aromatic rings. The van der Waals surface area contributed by atoms with Crippen LogP contribution in [-0.2, 0) is 0 Å². The summed E-state index contributed by atoms with van der Waals surface area (Å²) < 4.78 is 6.53. The largest absolute Gasteiger partial charge is 0.439 e. The molecule has 0 radical (unpaired) electrons. The van der Waals surface area contributed by atoms with Gasteiger partial charge in [0.2, 0.25) is 5.88 Å². The number of ether oxygens (including phenoxy) is 1. The third-order valence-electron chi connectivity index (χ3n) is 2.69. The lowest BCUT2D eigenvalue weighted by Crippen LogP contribution is -2.34. The monoisotopic (exact) mass is 350 g/mol. The van der Waals surface area contributed by atoms with E-state index in [0.717, 1.165) is 4.47 Å². The van der Waals surface area contributed by atoms with Gasteiger partial charge in [-0.15, -0.1) is 0 Å². The van der Waals surface area contributed by atoms with E-state index in [1.807, 2.05) is 24.3 Å². The number of carbonyl (C=O) groups is 1. The van der Waals surface area contributed by atoms with Gasteiger partial charge in [-0.25, -0.2) is 4.98 Å². The van der Waals surface area contributed by atoms with Gasteiger partial charge in [-0.2, -0.15) is 0 Å². The quantitative estimate of drug-likeness (QED) is 0.869. The summed E-state index contributed by atoms with van der Waals surface area (Å²) in [5.74, 6) is 0.792. The molecule has 0 bridgehead atoms. The van der Waals surface area contributed by atoms with Gasteiger partial charge in [-0.3, -0.25) is 4.79 Å². The maximum absolute atomic E-state index is 11.8. The maximum Gasteiger partial charge on any atom is 0.253 e. The number of hydrogen-bond donors (Lipinski definition) is 2. The Bertz CT molecular complexity index is 599. The Morgan fingerprint density at radius 2 is 2.05 bits per heavy atom. The highest BCUT2D eigenvalue weighted by Gasteiger charge is 2.09. The van der Waals surface area contributed by atoms with E-state index in [2.05, 4.69) is 26.2 Å². The number of aliphatic hydroxyl groups is 1. The van der Waals surface area contributed by atoms with Crippen LogP contribution in [0.1, 0.15) is 17.3 Å². The zero-order valence-corrected chi connectivity index (χ0v) is 13.0. The number of aromatic nitrogens is 1. The molecule has 0 spiro atoms. The second-order valence-corrected chi connectivity index (χ2v) is 5.41. The molecule has 6 heteroatoms. The molecule has 2 rings (SSSR count). The Morgan fingerprint density at radius 1 is 1.33 bits per heavy atom. The van der Waals surface area contributed by atoms with Gasteiger partial charge in [0.15, 0.2) is 0 Å². The summed E-state index contributed by atoms with van der Waals surface area (Å²) >= 11 is 3.35. The minimum atomic E-state index is -0.295. The smallest absolute Gasteiger partial charge is 0.253 e. The first-order valence-corrected chi connectivity index (χ1v) is 7.19. The number of amides is 1. The second-order valence-electron chi connectivity index (χ2n) is 4.50. The highest BCUT2D eigenvalue weighted by molar-refractivity contribution is 9.10. The molecule has 2 N–H and O–H groups in total. The number of pyridine rings is 1. The Kier molecular flexibility index (Phi) is 5.30. The molecule has 1 amide bonds. The number of benzene rings is 1. The zero-order valence-electron chi connectivity index (χ0n) is 11.4. The van der Waals surface area contributed by atoms with Crippen molar-refractivity contribution in [3.63, 3.8) is 0 Å². The van der Waals surface area contributed by atoms with Gasteiger partial charge < -0.3 is 15.2 Å². The molecule has 110 valence electrons. The van der Waals surface area contributed by atoms with Crippen molar-refractivity contribution >= 4 is 21.8 Å². The molecule has 0 aliphatic carbocycles. The van der Waals surface area contributed by atoms with E-state index in [0.29, 0.717) is 17.2 Å². The van der Waals surface area contributed by atoms with E-state index < -0.39 is 0 Å². The highest BCUT2D eigenvalue weighted by atomic mass is 79.9. The zero-order chi connectivity index (χ0) is 15.2. The van der Waals surface area contributed by atoms with E-state index in [4.69, 9.17) is 9.84 Å². The number of nitrogens with zero attached hydrogens (tertiary/aromatic N) is 1. The number of aliphatic hydroxyl groups excluding tert-OH is 1. The van der Waals surface area contributed by atoms with Gasteiger partial charge in [-0.05, 0) is 37.3 Å². The Labute approximate surface area is 131 Å². The lowest BCUT2D eigenvalue weighted by molar-refractivity contribution is 0.0922. The van der Waals surface area contributed by atoms with Crippen molar-refractivity contribution in [2.75, 3.05) is 6.61 Å². The molecule has 1 aromatic heterocycles. The predicted octanol–water partition coefficient (Wildman–Crippen LogP) is 2.75. The summed E-state index contributed by atoms with van der Waals surface area (Å²) in [5.41, 5.74) is 0.415. The molecule has 0 saturated heterocycles. The normalized spacial score (nSPS) is 11.8. The van der Waals surface area contributed by atoms with E-state index in [-0.39, 0.29) is 18.6 Å². The molecule has 0 fully saturated rings. The second kappa shape index (κ2) is 7.19. The van der Waals surface area contributed by atoms with Crippen LogP contribution in [0.3, 0.4) is 0 Å². The third kappa shape index (κ3) is 4.54. The van der Waals surface area contributed by atoms with Crippen LogP contribution in [0.25, 0.3) is 0 Å². The van der Waals surface area contributed by atoms with Crippen molar-refractivity contribution in [3.05, 3.63) is 52.6 Å². The topological polar surface area (TPSA) is 71.5 Å². The van der Waals surface area contributed by atoms with Gasteiger partial charge in [0.25, 0.3) is 5.91 Å². The molecular formula is C15H15BrN2O3. The molecule has 5 nitrogen and oxygen atoms in total. The van der Waals surface area contributed by atoms with E-state index in [9.17, 15) is 4.79 Å². The average molecular weight is 351 g/mol. The first-order chi connectivity index (χ1) is 10.1. The molecule has 0 aliphatic rings. The van der Waals surface area contributed by atoms with Gasteiger partial charge in [-0.1, -0.05) is 15.9 Å². The number of carbonyl (C=O) groups excluding carboxylic acids is 1. The molecule has 0 aliphatic heterocycles. The van der Waals surface area contributed by atoms with Crippen LogP contribution in [0.15, 0.2) is 47.1 Å². The first kappa shape index (κ1) is 15.5. The summed E-state index contributed by atoms with van der Waals surface area (Å²) in [7, 11) is 0. The molecular weight excluding hydrogens is 336 g/mol. The number of rotatable bonds is 5. The fourth-order valence-electron chi connectivity index (χ4n) is 1.55. The van der Waals surface area contributed by atoms with E-state index >= 15 is 0 Å². The molecule has 1 heterocycles. The summed E-state index contributed by atoms with van der Waals surface area (Å²) in [5, 5.41) is 11.6. The minimum Gasteiger partial charge on any atom is -0.439 e. The van der Waals surface area contributed by atoms with Crippen LogP contribution in [-0.4, -0.2) is 28.6 Å². The summed E-state index contributed by atoms with van der Waals surface area (Å²) in [6, 6.07) is 10.3. The van der Waals surface area contributed by atoms with Crippen LogP contribution in [0, 0.1) is 0 Å². The predicted molar refractivity (Wildman–Crippen MR) is 82.5 cm³/mol. The summed E-state index contributed by atoms with van der Waals surface area (Å²) in [4.78, 5) is 15.9. The number of hydrogen-bond acceptors (Lipinski definition) is 4. The molecule has 1 unspecified atom stereocenters. The first-order valence-electron chi connectivity index (χ1n) is 6.39. The Balaban J connectivity index is 2.01. The Morgan fingerprint density at radius 3 is 2.62 bits per heavy atom. The van der Waals surface area contributed by atoms with Crippen LogP contribution in [0.2, 0.25) is 0 Å². The van der Waals surface area contributed by atoms with E-state index in [1.54, 1.807) is 19.1 Å². The lowest BCUT2D eigenvalue weighted by Gasteiger charge is -2.10. The molecule has 21 heavy (non-hydrogen) atoms. The summed E-state index contributed by atoms with van der Waals surface area (Å²) in [6.07, 6.45) is 1.44. The van der Waals surface area contributed by atoms with Crippen LogP contribution in [0.5, 0.6) is 11.6 Å². The van der Waals surface area contributed by atoms with Crippen molar-refractivity contribution in [1.29, 1.82) is 0 Å². The van der Waals surface area contributed by atoms with Crippen molar-refractivity contribution in [1.82, 2.24) is 10.3 Å². The minimum absolute atomic E-state index is 0.107. The van der Waals surface area contributed by atoms with Gasteiger partial charge in [0.05, 0.1) is 12.2 Å². The van der Waals surface area contributed by atoms with Crippen LogP contribution >= 0.6 is 15.9 Å². The van der Waals surface area contributed by atoms with Gasteiger partial charge >= 0.3 is 0 Å². The lowest BCUT2D eigenvalue weighted by atomic mass is 10.2. The van der Waals surface area contributed by atoms with Crippen molar-refractivity contribution in [2.45, 2.75) is 13.0 Å². The Hall–Kier alpha value is -1.92. The van der Waals surface area contributed by atoms with Gasteiger partial charge in [0, 0.05) is 22.8 Å². The van der Waals surface area contributed by atoms with Gasteiger partial charge in [0.1, 0.15) is 5.75 Å². The highest BCUT2D eigenvalue weighted by Crippen LogP contribution is 2.21. The SMILES string of the molecule is CC(CO)NC(=O)c1ccc(Oc2ccc(Br)cc2)nc1. The van der Waals surface area contributed by atoms with Crippen molar-refractivity contribution in [3.8, 4) is 11.6 Å². The third-order valence-corrected chi connectivity index (χ3v) is 3.21. The fourth-order valence-corrected chi connectivity index (χ4v) is 1.82. The fraction of sp³-hybridized carbons (Fsp3) is 0.200. The standard InChI is InChI=1S/C15H15BrN2O3/c1-10(9-19)18-15(20)11-2-7-14(17-8-11)21-13-5-3-12(16)4-6-13/h2-8,10,19H,9H2,1H3,(H,18,20).